The van der Waals surface area contributed by atoms with E-state index in [-0.39, 0.29) is 24.0 Å². The molecule has 3 aliphatic rings. The Morgan fingerprint density at radius 3 is 2.27 bits per heavy atom. The maximum atomic E-state index is 13.0. The Labute approximate surface area is 224 Å². The molecular weight excluding hydrogens is 486 g/mol. The normalized spacial score (nSPS) is 24.5. The van der Waals surface area contributed by atoms with Crippen LogP contribution in [0.1, 0.15) is 111 Å². The molecule has 1 aliphatic carbocycles. The molecular formula is C28H41N5O3S. The summed E-state index contributed by atoms with van der Waals surface area (Å²) in [5.74, 6) is 3.09. The molecule has 8 nitrogen and oxygen atoms in total. The van der Waals surface area contributed by atoms with Gasteiger partial charge in [0.15, 0.2) is 0 Å². The molecule has 2 unspecified atom stereocenters. The molecule has 0 aromatic carbocycles. The molecule has 2 aliphatic heterocycles. The number of rotatable bonds is 8. The molecule has 3 fully saturated rings. The number of carbonyl (C=O) groups excluding carboxylic acids is 3. The number of amides is 1. The van der Waals surface area contributed by atoms with Crippen molar-refractivity contribution in [2.45, 2.75) is 116 Å². The van der Waals surface area contributed by atoms with E-state index < -0.39 is 0 Å². The van der Waals surface area contributed by atoms with Crippen molar-refractivity contribution in [2.75, 3.05) is 6.54 Å². The summed E-state index contributed by atoms with van der Waals surface area (Å²) >= 11 is 1.84. The minimum atomic E-state index is 0.136. The van der Waals surface area contributed by atoms with Gasteiger partial charge in [-0.25, -0.2) is 0 Å². The Balaban J connectivity index is 0.00000102. The van der Waals surface area contributed by atoms with Crippen molar-refractivity contribution in [1.82, 2.24) is 25.0 Å². The number of nitrogens with one attached hydrogen (secondary N) is 1. The summed E-state index contributed by atoms with van der Waals surface area (Å²) in [4.78, 5) is 34.6. The van der Waals surface area contributed by atoms with Gasteiger partial charge in [0, 0.05) is 46.3 Å². The van der Waals surface area contributed by atoms with Crippen LogP contribution in [0.25, 0.3) is 0 Å². The van der Waals surface area contributed by atoms with Gasteiger partial charge in [-0.1, -0.05) is 26.7 Å². The minimum Gasteiger partial charge on any atom is -0.348 e. The van der Waals surface area contributed by atoms with Gasteiger partial charge >= 0.3 is 6.15 Å². The molecule has 202 valence electrons. The molecule has 0 spiro atoms. The zero-order chi connectivity index (χ0) is 26.5. The van der Waals surface area contributed by atoms with Crippen LogP contribution in [0.5, 0.6) is 0 Å². The van der Waals surface area contributed by atoms with Crippen molar-refractivity contribution in [3.05, 3.63) is 33.5 Å². The summed E-state index contributed by atoms with van der Waals surface area (Å²) in [6.45, 7) is 9.76. The van der Waals surface area contributed by atoms with Crippen LogP contribution < -0.4 is 5.32 Å². The second-order valence-corrected chi connectivity index (χ2v) is 12.6. The molecule has 0 radical (unpaired) electrons. The smallest absolute Gasteiger partial charge is 0.348 e. The quantitative estimate of drug-likeness (QED) is 0.513. The number of thiophene rings is 1. The van der Waals surface area contributed by atoms with Crippen LogP contribution in [-0.2, 0) is 14.4 Å². The van der Waals surface area contributed by atoms with Crippen LogP contribution in [-0.4, -0.2) is 50.4 Å². The van der Waals surface area contributed by atoms with Crippen molar-refractivity contribution in [3.8, 4) is 0 Å². The third kappa shape index (κ3) is 6.39. The number of nitrogens with zero attached hydrogens (tertiary/aromatic N) is 4. The van der Waals surface area contributed by atoms with Crippen molar-refractivity contribution in [3.63, 3.8) is 0 Å². The molecule has 4 heterocycles. The van der Waals surface area contributed by atoms with E-state index in [1.54, 1.807) is 0 Å². The second kappa shape index (κ2) is 12.5. The van der Waals surface area contributed by atoms with Gasteiger partial charge in [0.05, 0.1) is 6.04 Å². The molecule has 37 heavy (non-hydrogen) atoms. The van der Waals surface area contributed by atoms with Crippen molar-refractivity contribution in [1.29, 1.82) is 0 Å². The van der Waals surface area contributed by atoms with Crippen LogP contribution in [0.15, 0.2) is 12.1 Å². The van der Waals surface area contributed by atoms with Gasteiger partial charge < -0.3 is 9.88 Å². The third-order valence-electron chi connectivity index (χ3n) is 8.46. The summed E-state index contributed by atoms with van der Waals surface area (Å²) in [5, 5.41) is 12.4. The lowest BCUT2D eigenvalue weighted by molar-refractivity contribution is -0.191. The van der Waals surface area contributed by atoms with Crippen molar-refractivity contribution in [2.24, 2.45) is 5.92 Å². The van der Waals surface area contributed by atoms with E-state index in [1.807, 2.05) is 11.3 Å². The molecule has 5 rings (SSSR count). The summed E-state index contributed by atoms with van der Waals surface area (Å²) in [6.07, 6.45) is 10.7. The lowest BCUT2D eigenvalue weighted by Gasteiger charge is -2.40. The van der Waals surface area contributed by atoms with Gasteiger partial charge in [0.2, 0.25) is 5.91 Å². The van der Waals surface area contributed by atoms with Gasteiger partial charge in [-0.3, -0.25) is 9.69 Å². The number of fused-ring (bicyclic) bond motifs is 2. The number of aromatic nitrogens is 3. The van der Waals surface area contributed by atoms with Gasteiger partial charge in [-0.15, -0.1) is 21.5 Å². The fraction of sp³-hybridized carbons (Fsp3) is 0.714. The Kier molecular flexibility index (Phi) is 9.32. The first-order valence-corrected chi connectivity index (χ1v) is 14.7. The molecule has 1 amide bonds. The fourth-order valence-corrected chi connectivity index (χ4v) is 7.70. The van der Waals surface area contributed by atoms with E-state index in [0.29, 0.717) is 24.0 Å². The van der Waals surface area contributed by atoms with Crippen LogP contribution in [0.3, 0.4) is 0 Å². The highest BCUT2D eigenvalue weighted by Gasteiger charge is 2.42. The van der Waals surface area contributed by atoms with Crippen LogP contribution in [0.4, 0.5) is 0 Å². The van der Waals surface area contributed by atoms with Crippen LogP contribution >= 0.6 is 11.3 Å². The summed E-state index contributed by atoms with van der Waals surface area (Å²) < 4.78 is 2.44. The largest absolute Gasteiger partial charge is 0.373 e. The van der Waals surface area contributed by atoms with E-state index in [4.69, 9.17) is 9.59 Å². The van der Waals surface area contributed by atoms with Crippen LogP contribution in [0, 0.1) is 19.8 Å². The summed E-state index contributed by atoms with van der Waals surface area (Å²) in [7, 11) is 0. The predicted molar refractivity (Wildman–Crippen MR) is 142 cm³/mol. The first kappa shape index (κ1) is 27.7. The summed E-state index contributed by atoms with van der Waals surface area (Å²) in [5.41, 5.74) is 0. The Morgan fingerprint density at radius 2 is 1.70 bits per heavy atom. The molecule has 9 heteroatoms. The Morgan fingerprint density at radius 1 is 1.05 bits per heavy atom. The first-order valence-electron chi connectivity index (χ1n) is 13.9. The molecule has 2 aromatic heterocycles. The topological polar surface area (TPSA) is 97.2 Å². The van der Waals surface area contributed by atoms with E-state index >= 15 is 0 Å². The zero-order valence-corrected chi connectivity index (χ0v) is 23.4. The van der Waals surface area contributed by atoms with E-state index in [2.05, 4.69) is 64.8 Å². The van der Waals surface area contributed by atoms with E-state index in [9.17, 15) is 4.79 Å². The average Bonchev–Trinajstić information content (AvgIpc) is 3.65. The predicted octanol–water partition coefficient (Wildman–Crippen LogP) is 5.10. The highest BCUT2D eigenvalue weighted by atomic mass is 32.1. The maximum Gasteiger partial charge on any atom is 0.373 e. The fourth-order valence-electron chi connectivity index (χ4n) is 6.73. The average molecular weight is 528 g/mol. The highest BCUT2D eigenvalue weighted by Crippen LogP contribution is 2.42. The number of hydrogen-bond donors (Lipinski definition) is 1. The molecule has 2 saturated heterocycles. The van der Waals surface area contributed by atoms with Crippen molar-refractivity contribution >= 4 is 23.4 Å². The second-order valence-electron chi connectivity index (χ2n) is 11.2. The van der Waals surface area contributed by atoms with E-state index in [0.717, 1.165) is 37.5 Å². The molecule has 2 aromatic rings. The van der Waals surface area contributed by atoms with Crippen molar-refractivity contribution < 1.29 is 14.4 Å². The summed E-state index contributed by atoms with van der Waals surface area (Å²) in [6, 6.07) is 6.32. The lowest BCUT2D eigenvalue weighted by atomic mass is 9.95. The van der Waals surface area contributed by atoms with Gasteiger partial charge in [0.25, 0.3) is 0 Å². The molecule has 1 saturated carbocycles. The number of carbonyl (C=O) groups is 1. The number of aryl methyl sites for hydroxylation is 2. The number of hydrogen-bond acceptors (Lipinski definition) is 7. The molecule has 2 bridgehead atoms. The first-order chi connectivity index (χ1) is 17.8. The van der Waals surface area contributed by atoms with E-state index in [1.165, 1.54) is 48.3 Å². The number of piperidine rings is 1. The highest BCUT2D eigenvalue weighted by molar-refractivity contribution is 7.12. The molecule has 3 atom stereocenters. The monoisotopic (exact) mass is 527 g/mol. The minimum absolute atomic E-state index is 0.136. The Bertz CT molecular complexity index is 1070. The SMILES string of the molecule is Cc1ccc([C@H](CCN2C3CCC2CC(n2c(C)nnc2C(C)C)C3)NC(=O)C2CCCC2)s1.O=C=O. The zero-order valence-electron chi connectivity index (χ0n) is 22.6. The van der Waals surface area contributed by atoms with Gasteiger partial charge in [0.1, 0.15) is 11.6 Å². The lowest BCUT2D eigenvalue weighted by Crippen LogP contribution is -2.45. The Hall–Kier alpha value is -2.35. The maximum absolute atomic E-state index is 13.0. The third-order valence-corrected chi connectivity index (χ3v) is 9.57. The standard InChI is InChI=1S/C27H41N5OS.CO2/c1-17(2)26-30-29-19(4)32(26)23-15-21-10-11-22(16-23)31(21)14-13-24(25-12-9-18(3)34-25)28-27(33)20-7-5-6-8-20;2-1-3/h9,12,17,20-24H,5-8,10-11,13-16H2,1-4H3,(H,28,33);/t21?,22?,23?,24-;/m0./s1. The van der Waals surface area contributed by atoms with Gasteiger partial charge in [-0.2, -0.15) is 9.59 Å². The van der Waals surface area contributed by atoms with Crippen LogP contribution in [0.2, 0.25) is 0 Å². The van der Waals surface area contributed by atoms with Gasteiger partial charge in [-0.05, 0) is 70.9 Å². The molecule has 1 N–H and O–H groups in total.